The minimum absolute atomic E-state index is 0.0444. The number of nitrogens with one attached hydrogen (secondary N) is 2. The highest BCUT2D eigenvalue weighted by atomic mass is 16.4. The molecule has 2 unspecified atom stereocenters. The van der Waals surface area contributed by atoms with Gasteiger partial charge in [0.05, 0.1) is 0 Å². The average Bonchev–Trinajstić information content (AvgIpc) is 2.71. The third-order valence-corrected chi connectivity index (χ3v) is 2.57. The molecule has 94 valence electrons. The maximum atomic E-state index is 11.7. The van der Waals surface area contributed by atoms with Gasteiger partial charge in [0, 0.05) is 0 Å². The van der Waals surface area contributed by atoms with Crippen LogP contribution in [0.4, 0.5) is 0 Å². The molecular weight excluding hydrogens is 224 g/mol. The largest absolute Gasteiger partial charge is 0.480 e. The zero-order valence-corrected chi connectivity index (χ0v) is 10.0. The van der Waals surface area contributed by atoms with Crippen molar-refractivity contribution in [3.63, 3.8) is 0 Å². The maximum absolute atomic E-state index is 11.7. The number of hydrogen-bond acceptors (Lipinski definition) is 4. The lowest BCUT2D eigenvalue weighted by molar-refractivity contribution is -0.140. The predicted molar refractivity (Wildman–Crippen MR) is 59.5 cm³/mol. The number of nitrogens with zero attached hydrogens (tertiary/aromatic N) is 2. The summed E-state index contributed by atoms with van der Waals surface area (Å²) in [4.78, 5) is 26.5. The van der Waals surface area contributed by atoms with Gasteiger partial charge in [0.1, 0.15) is 11.9 Å². The summed E-state index contributed by atoms with van der Waals surface area (Å²) in [6.07, 6.45) is 0.657. The molecule has 0 aliphatic heterocycles. The van der Waals surface area contributed by atoms with E-state index in [1.807, 2.05) is 6.92 Å². The van der Waals surface area contributed by atoms with Crippen LogP contribution in [0, 0.1) is 12.8 Å². The van der Waals surface area contributed by atoms with E-state index in [1.165, 1.54) is 0 Å². The summed E-state index contributed by atoms with van der Waals surface area (Å²) in [5.41, 5.74) is 0. The van der Waals surface area contributed by atoms with E-state index in [0.29, 0.717) is 12.2 Å². The van der Waals surface area contributed by atoms with Crippen molar-refractivity contribution < 1.29 is 14.7 Å². The second kappa shape index (κ2) is 5.42. The van der Waals surface area contributed by atoms with Crippen LogP contribution in [0.25, 0.3) is 0 Å². The lowest BCUT2D eigenvalue weighted by Crippen LogP contribution is -2.45. The molecule has 0 saturated carbocycles. The number of H-pyrrole nitrogens is 1. The Hall–Kier alpha value is -1.92. The predicted octanol–water partition coefficient (Wildman–Crippen LogP) is 0.342. The van der Waals surface area contributed by atoms with Crippen LogP contribution in [0.1, 0.15) is 36.7 Å². The number of hydrogen-bond donors (Lipinski definition) is 3. The highest BCUT2D eigenvalue weighted by Gasteiger charge is 2.26. The summed E-state index contributed by atoms with van der Waals surface area (Å²) in [6.45, 7) is 5.29. The Balaban J connectivity index is 2.74. The molecule has 0 spiro atoms. The fourth-order valence-corrected chi connectivity index (χ4v) is 1.33. The zero-order chi connectivity index (χ0) is 13.0. The lowest BCUT2D eigenvalue weighted by Gasteiger charge is -2.19. The molecule has 0 bridgehead atoms. The molecule has 0 aliphatic rings. The van der Waals surface area contributed by atoms with Gasteiger partial charge in [-0.25, -0.2) is 9.78 Å². The van der Waals surface area contributed by atoms with Crippen molar-refractivity contribution in [2.75, 3.05) is 0 Å². The number of carbonyl (C=O) groups excluding carboxylic acids is 1. The van der Waals surface area contributed by atoms with E-state index in [1.54, 1.807) is 13.8 Å². The first-order valence-electron chi connectivity index (χ1n) is 5.38. The van der Waals surface area contributed by atoms with Crippen molar-refractivity contribution in [1.82, 2.24) is 20.5 Å². The monoisotopic (exact) mass is 240 g/mol. The van der Waals surface area contributed by atoms with Crippen molar-refractivity contribution in [1.29, 1.82) is 0 Å². The van der Waals surface area contributed by atoms with Gasteiger partial charge in [-0.15, -0.1) is 5.10 Å². The average molecular weight is 240 g/mol. The molecule has 1 heterocycles. The number of aliphatic carboxylic acids is 1. The van der Waals surface area contributed by atoms with E-state index >= 15 is 0 Å². The van der Waals surface area contributed by atoms with Gasteiger partial charge in [0.15, 0.2) is 0 Å². The minimum Gasteiger partial charge on any atom is -0.480 e. The van der Waals surface area contributed by atoms with Gasteiger partial charge in [-0.05, 0) is 12.8 Å². The Morgan fingerprint density at radius 3 is 2.59 bits per heavy atom. The normalized spacial score (nSPS) is 14.1. The van der Waals surface area contributed by atoms with E-state index in [2.05, 4.69) is 20.5 Å². The van der Waals surface area contributed by atoms with Gasteiger partial charge >= 0.3 is 5.97 Å². The quantitative estimate of drug-likeness (QED) is 0.687. The highest BCUT2D eigenvalue weighted by molar-refractivity contribution is 5.93. The second-order valence-corrected chi connectivity index (χ2v) is 3.92. The summed E-state index contributed by atoms with van der Waals surface area (Å²) in [5.74, 6) is -1.33. The summed E-state index contributed by atoms with van der Waals surface area (Å²) in [5, 5.41) is 17.6. The van der Waals surface area contributed by atoms with E-state index < -0.39 is 17.9 Å². The maximum Gasteiger partial charge on any atom is 0.326 e. The van der Waals surface area contributed by atoms with Crippen LogP contribution in [-0.4, -0.2) is 38.2 Å². The smallest absolute Gasteiger partial charge is 0.326 e. The Morgan fingerprint density at radius 1 is 1.53 bits per heavy atom. The van der Waals surface area contributed by atoms with Crippen LogP contribution in [0.3, 0.4) is 0 Å². The van der Waals surface area contributed by atoms with Crippen molar-refractivity contribution in [2.45, 2.75) is 33.2 Å². The first-order valence-corrected chi connectivity index (χ1v) is 5.38. The van der Waals surface area contributed by atoms with Gasteiger partial charge in [0.25, 0.3) is 5.91 Å². The van der Waals surface area contributed by atoms with Crippen LogP contribution in [0.15, 0.2) is 0 Å². The van der Waals surface area contributed by atoms with Crippen LogP contribution in [-0.2, 0) is 4.79 Å². The van der Waals surface area contributed by atoms with E-state index in [4.69, 9.17) is 5.11 Å². The molecule has 2 atom stereocenters. The number of aromatic amines is 1. The number of carboxylic acid groups (broad SMARTS) is 1. The van der Waals surface area contributed by atoms with Crippen molar-refractivity contribution in [2.24, 2.45) is 5.92 Å². The molecule has 1 aromatic rings. The molecule has 0 fully saturated rings. The fourth-order valence-electron chi connectivity index (χ4n) is 1.33. The molecule has 3 N–H and O–H groups in total. The molecule has 17 heavy (non-hydrogen) atoms. The van der Waals surface area contributed by atoms with Crippen LogP contribution in [0.5, 0.6) is 0 Å². The number of aryl methyl sites for hydroxylation is 1. The highest BCUT2D eigenvalue weighted by Crippen LogP contribution is 2.08. The molecule has 1 aromatic heterocycles. The summed E-state index contributed by atoms with van der Waals surface area (Å²) >= 11 is 0. The number of aromatic nitrogens is 3. The second-order valence-electron chi connectivity index (χ2n) is 3.92. The van der Waals surface area contributed by atoms with Gasteiger partial charge in [-0.3, -0.25) is 9.89 Å². The summed E-state index contributed by atoms with van der Waals surface area (Å²) in [7, 11) is 0. The minimum atomic E-state index is -1.06. The third kappa shape index (κ3) is 3.27. The Morgan fingerprint density at radius 2 is 2.18 bits per heavy atom. The molecule has 0 radical (unpaired) electrons. The topological polar surface area (TPSA) is 108 Å². The summed E-state index contributed by atoms with van der Waals surface area (Å²) < 4.78 is 0. The molecule has 0 saturated heterocycles. The first-order chi connectivity index (χ1) is 7.95. The standard InChI is InChI=1S/C10H16N4O3/c1-4-5(2)7(10(16)17)12-9(15)8-11-6(3)13-14-8/h5,7H,4H2,1-3H3,(H,12,15)(H,16,17)(H,11,13,14). The van der Waals surface area contributed by atoms with Gasteiger partial charge in [-0.2, -0.15) is 0 Å². The van der Waals surface area contributed by atoms with E-state index in [-0.39, 0.29) is 11.7 Å². The molecule has 1 amide bonds. The lowest BCUT2D eigenvalue weighted by atomic mass is 9.99. The first kappa shape index (κ1) is 13.1. The molecule has 7 nitrogen and oxygen atoms in total. The van der Waals surface area contributed by atoms with Crippen LogP contribution < -0.4 is 5.32 Å². The van der Waals surface area contributed by atoms with Crippen LogP contribution >= 0.6 is 0 Å². The van der Waals surface area contributed by atoms with Gasteiger partial charge in [0.2, 0.25) is 5.82 Å². The zero-order valence-electron chi connectivity index (χ0n) is 10.0. The van der Waals surface area contributed by atoms with E-state index in [9.17, 15) is 9.59 Å². The van der Waals surface area contributed by atoms with Crippen molar-refractivity contribution in [3.8, 4) is 0 Å². The SMILES string of the molecule is CCC(C)C(NC(=O)c1n[nH]c(C)n1)C(=O)O. The molecular formula is C10H16N4O3. The Bertz CT molecular complexity index is 415. The molecule has 1 rings (SSSR count). The molecule has 0 aromatic carbocycles. The Kier molecular flexibility index (Phi) is 4.19. The number of carbonyl (C=O) groups is 2. The number of amides is 1. The molecule has 0 aliphatic carbocycles. The fraction of sp³-hybridized carbons (Fsp3) is 0.600. The van der Waals surface area contributed by atoms with Crippen molar-refractivity contribution >= 4 is 11.9 Å². The summed E-state index contributed by atoms with van der Waals surface area (Å²) in [6, 6.07) is -0.925. The van der Waals surface area contributed by atoms with Gasteiger partial charge in [-0.1, -0.05) is 20.3 Å². The number of carboxylic acids is 1. The third-order valence-electron chi connectivity index (χ3n) is 2.57. The van der Waals surface area contributed by atoms with Crippen molar-refractivity contribution in [3.05, 3.63) is 11.6 Å². The molecule has 7 heteroatoms. The Labute approximate surface area is 98.6 Å². The van der Waals surface area contributed by atoms with Gasteiger partial charge < -0.3 is 10.4 Å². The van der Waals surface area contributed by atoms with Crippen LogP contribution in [0.2, 0.25) is 0 Å². The van der Waals surface area contributed by atoms with E-state index in [0.717, 1.165) is 0 Å². The number of rotatable bonds is 5.